The zero-order valence-corrected chi connectivity index (χ0v) is 13.3. The highest BCUT2D eigenvalue weighted by Gasteiger charge is 2.16. The normalized spacial score (nSPS) is 17.5. The van der Waals surface area contributed by atoms with Crippen LogP contribution in [-0.4, -0.2) is 39.3 Å². The summed E-state index contributed by atoms with van der Waals surface area (Å²) in [6.07, 6.45) is 2.44. The van der Waals surface area contributed by atoms with Gasteiger partial charge in [0.15, 0.2) is 0 Å². The number of ether oxygens (including phenoxy) is 2. The van der Waals surface area contributed by atoms with Crippen LogP contribution < -0.4 is 20.1 Å². The number of halogens is 1. The van der Waals surface area contributed by atoms with Gasteiger partial charge in [-0.2, -0.15) is 0 Å². The van der Waals surface area contributed by atoms with E-state index in [1.807, 2.05) is 18.2 Å². The molecule has 5 nitrogen and oxygen atoms in total. The SMILES string of the molecule is COc1ccc(OC)c(CC(=O)NC2CCCNC2)c1.Cl. The van der Waals surface area contributed by atoms with Crippen LogP contribution in [0, 0.1) is 0 Å². The first-order chi connectivity index (χ1) is 9.72. The molecule has 1 saturated heterocycles. The molecule has 2 rings (SSSR count). The van der Waals surface area contributed by atoms with Gasteiger partial charge in [-0.15, -0.1) is 12.4 Å². The zero-order valence-electron chi connectivity index (χ0n) is 12.5. The van der Waals surface area contributed by atoms with Crippen LogP contribution in [0.1, 0.15) is 18.4 Å². The average molecular weight is 315 g/mol. The molecule has 1 aliphatic heterocycles. The van der Waals surface area contributed by atoms with Gasteiger partial charge in [-0.25, -0.2) is 0 Å². The number of hydrogen-bond acceptors (Lipinski definition) is 4. The lowest BCUT2D eigenvalue weighted by molar-refractivity contribution is -0.121. The van der Waals surface area contributed by atoms with Gasteiger partial charge in [0.2, 0.25) is 5.91 Å². The molecule has 6 heteroatoms. The summed E-state index contributed by atoms with van der Waals surface area (Å²) in [5.74, 6) is 1.46. The second-order valence-corrected chi connectivity index (χ2v) is 4.97. The second kappa shape index (κ2) is 8.74. The molecule has 0 saturated carbocycles. The lowest BCUT2D eigenvalue weighted by atomic mass is 10.1. The number of piperidine rings is 1. The highest BCUT2D eigenvalue weighted by molar-refractivity contribution is 5.85. The molecule has 1 aromatic carbocycles. The Morgan fingerprint density at radius 2 is 2.19 bits per heavy atom. The number of amides is 1. The van der Waals surface area contributed by atoms with Crippen molar-refractivity contribution in [2.24, 2.45) is 0 Å². The maximum Gasteiger partial charge on any atom is 0.224 e. The third kappa shape index (κ3) is 5.10. The number of carbonyl (C=O) groups excluding carboxylic acids is 1. The summed E-state index contributed by atoms with van der Waals surface area (Å²) in [5.41, 5.74) is 0.841. The van der Waals surface area contributed by atoms with Gasteiger partial charge in [0, 0.05) is 18.2 Å². The standard InChI is InChI=1S/C15H22N2O3.ClH/c1-19-13-5-6-14(20-2)11(8-13)9-15(18)17-12-4-3-7-16-10-12;/h5-6,8,12,16H,3-4,7,9-10H2,1-2H3,(H,17,18);1H. The number of hydrogen-bond donors (Lipinski definition) is 2. The molecule has 0 radical (unpaired) electrons. The van der Waals surface area contributed by atoms with E-state index in [1.54, 1.807) is 14.2 Å². The first-order valence-electron chi connectivity index (χ1n) is 6.94. The second-order valence-electron chi connectivity index (χ2n) is 4.97. The van der Waals surface area contributed by atoms with Crippen molar-refractivity contribution in [1.82, 2.24) is 10.6 Å². The third-order valence-electron chi connectivity index (χ3n) is 3.50. The van der Waals surface area contributed by atoms with E-state index in [2.05, 4.69) is 10.6 Å². The number of rotatable bonds is 5. The van der Waals surface area contributed by atoms with Crippen LogP contribution in [0.4, 0.5) is 0 Å². The molecule has 0 bridgehead atoms. The monoisotopic (exact) mass is 314 g/mol. The summed E-state index contributed by atoms with van der Waals surface area (Å²) in [6, 6.07) is 5.72. The number of nitrogens with one attached hydrogen (secondary N) is 2. The molecule has 118 valence electrons. The molecule has 1 atom stereocenters. The van der Waals surface area contributed by atoms with Crippen LogP contribution >= 0.6 is 12.4 Å². The third-order valence-corrected chi connectivity index (χ3v) is 3.50. The van der Waals surface area contributed by atoms with Crippen LogP contribution in [0.3, 0.4) is 0 Å². The van der Waals surface area contributed by atoms with Crippen molar-refractivity contribution >= 4 is 18.3 Å². The van der Waals surface area contributed by atoms with E-state index in [-0.39, 0.29) is 24.4 Å². The molecule has 0 spiro atoms. The first kappa shape index (κ1) is 17.6. The molecular formula is C15H23ClN2O3. The fourth-order valence-corrected chi connectivity index (χ4v) is 2.45. The fourth-order valence-electron chi connectivity index (χ4n) is 2.45. The largest absolute Gasteiger partial charge is 0.497 e. The van der Waals surface area contributed by atoms with Gasteiger partial charge in [-0.1, -0.05) is 0 Å². The van der Waals surface area contributed by atoms with Crippen LogP contribution in [0.25, 0.3) is 0 Å². The van der Waals surface area contributed by atoms with Crippen LogP contribution in [0.15, 0.2) is 18.2 Å². The predicted octanol–water partition coefficient (Wildman–Crippen LogP) is 1.54. The van der Waals surface area contributed by atoms with Gasteiger partial charge in [-0.05, 0) is 37.6 Å². The van der Waals surface area contributed by atoms with Gasteiger partial charge in [0.25, 0.3) is 0 Å². The Kier molecular flexibility index (Phi) is 7.32. The smallest absolute Gasteiger partial charge is 0.224 e. The minimum atomic E-state index is 0. The summed E-state index contributed by atoms with van der Waals surface area (Å²) < 4.78 is 10.5. The molecule has 0 aromatic heterocycles. The molecule has 1 heterocycles. The van der Waals surface area contributed by atoms with Crippen molar-refractivity contribution in [2.45, 2.75) is 25.3 Å². The zero-order chi connectivity index (χ0) is 14.4. The molecule has 2 N–H and O–H groups in total. The minimum Gasteiger partial charge on any atom is -0.497 e. The summed E-state index contributed by atoms with van der Waals surface area (Å²) in [6.45, 7) is 1.89. The molecule has 1 aliphatic rings. The maximum atomic E-state index is 12.1. The number of benzene rings is 1. The Morgan fingerprint density at radius 3 is 2.81 bits per heavy atom. The molecule has 1 amide bonds. The highest BCUT2D eigenvalue weighted by atomic mass is 35.5. The quantitative estimate of drug-likeness (QED) is 0.865. The maximum absolute atomic E-state index is 12.1. The lowest BCUT2D eigenvalue weighted by Gasteiger charge is -2.24. The molecule has 1 aromatic rings. The van der Waals surface area contributed by atoms with E-state index in [4.69, 9.17) is 9.47 Å². The van der Waals surface area contributed by atoms with E-state index < -0.39 is 0 Å². The Labute approximate surface area is 131 Å². The minimum absolute atomic E-state index is 0. The summed E-state index contributed by atoms with van der Waals surface area (Å²) in [5, 5.41) is 6.34. The van der Waals surface area contributed by atoms with Crippen LogP contribution in [-0.2, 0) is 11.2 Å². The van der Waals surface area contributed by atoms with E-state index in [9.17, 15) is 4.79 Å². The van der Waals surface area contributed by atoms with Crippen LogP contribution in [0.2, 0.25) is 0 Å². The summed E-state index contributed by atoms with van der Waals surface area (Å²) >= 11 is 0. The predicted molar refractivity (Wildman–Crippen MR) is 84.5 cm³/mol. The van der Waals surface area contributed by atoms with E-state index in [0.717, 1.165) is 37.2 Å². The average Bonchev–Trinajstić information content (AvgIpc) is 2.48. The lowest BCUT2D eigenvalue weighted by Crippen LogP contribution is -2.46. The number of carbonyl (C=O) groups is 1. The molecular weight excluding hydrogens is 292 g/mol. The van der Waals surface area contributed by atoms with Gasteiger partial charge >= 0.3 is 0 Å². The van der Waals surface area contributed by atoms with Crippen molar-refractivity contribution < 1.29 is 14.3 Å². The van der Waals surface area contributed by atoms with Gasteiger partial charge in [0.1, 0.15) is 11.5 Å². The number of methoxy groups -OCH3 is 2. The molecule has 1 fully saturated rings. The molecule has 1 unspecified atom stereocenters. The van der Waals surface area contributed by atoms with Crippen LogP contribution in [0.5, 0.6) is 11.5 Å². The fraction of sp³-hybridized carbons (Fsp3) is 0.533. The summed E-state index contributed by atoms with van der Waals surface area (Å²) in [4.78, 5) is 12.1. The van der Waals surface area contributed by atoms with E-state index >= 15 is 0 Å². The summed E-state index contributed by atoms with van der Waals surface area (Å²) in [7, 11) is 3.22. The van der Waals surface area contributed by atoms with Crippen molar-refractivity contribution in [3.8, 4) is 11.5 Å². The highest BCUT2D eigenvalue weighted by Crippen LogP contribution is 2.24. The Balaban J connectivity index is 0.00000220. The van der Waals surface area contributed by atoms with Gasteiger partial charge in [-0.3, -0.25) is 4.79 Å². The van der Waals surface area contributed by atoms with Crippen molar-refractivity contribution in [3.63, 3.8) is 0 Å². The van der Waals surface area contributed by atoms with Gasteiger partial charge in [0.05, 0.1) is 20.6 Å². The Morgan fingerprint density at radius 1 is 1.38 bits per heavy atom. The van der Waals surface area contributed by atoms with Crippen molar-refractivity contribution in [1.29, 1.82) is 0 Å². The van der Waals surface area contributed by atoms with Crippen molar-refractivity contribution in [3.05, 3.63) is 23.8 Å². The van der Waals surface area contributed by atoms with E-state index in [0.29, 0.717) is 12.2 Å². The van der Waals surface area contributed by atoms with Crippen molar-refractivity contribution in [2.75, 3.05) is 27.3 Å². The topological polar surface area (TPSA) is 59.6 Å². The Bertz CT molecular complexity index is 462. The van der Waals surface area contributed by atoms with Gasteiger partial charge < -0.3 is 20.1 Å². The van der Waals surface area contributed by atoms with E-state index in [1.165, 1.54) is 0 Å². The first-order valence-corrected chi connectivity index (χ1v) is 6.94. The molecule has 21 heavy (non-hydrogen) atoms. The Hall–Kier alpha value is -1.46. The molecule has 0 aliphatic carbocycles.